The molecule has 0 aliphatic heterocycles. The molecule has 0 fully saturated rings. The third kappa shape index (κ3) is 3.85. The second-order valence-corrected chi connectivity index (χ2v) is 7.67. The van der Waals surface area contributed by atoms with Crippen LogP contribution < -0.4 is 0 Å². The molecule has 148 valence electrons. The summed E-state index contributed by atoms with van der Waals surface area (Å²) in [6.07, 6.45) is 1.51. The Bertz CT molecular complexity index is 1060. The van der Waals surface area contributed by atoms with Crippen molar-refractivity contribution in [1.29, 1.82) is 0 Å². The predicted molar refractivity (Wildman–Crippen MR) is 113 cm³/mol. The van der Waals surface area contributed by atoms with Crippen molar-refractivity contribution in [2.75, 3.05) is 6.61 Å². The maximum atomic E-state index is 13.2. The molecular formula is C24H22ClNO3. The SMILES string of the molecule is CCOC(=O)c1[nH]c2c(c1Cc1ccccc1)C(=O)C[C@@H](c1ccccc1Cl)C2. The van der Waals surface area contributed by atoms with Crippen LogP contribution in [-0.2, 0) is 17.6 Å². The van der Waals surface area contributed by atoms with Crippen LogP contribution in [0.15, 0.2) is 54.6 Å². The first-order valence-corrected chi connectivity index (χ1v) is 10.2. The number of ether oxygens (including phenoxy) is 1. The molecule has 5 heteroatoms. The number of rotatable bonds is 5. The molecule has 1 aromatic heterocycles. The Hall–Kier alpha value is -2.85. The number of carbonyl (C=O) groups excluding carboxylic acids is 2. The first-order chi connectivity index (χ1) is 14.1. The Balaban J connectivity index is 1.76. The number of aromatic nitrogens is 1. The van der Waals surface area contributed by atoms with Crippen molar-refractivity contribution in [3.63, 3.8) is 0 Å². The average molecular weight is 408 g/mol. The first-order valence-electron chi connectivity index (χ1n) is 9.80. The normalized spacial score (nSPS) is 15.8. The third-order valence-electron chi connectivity index (χ3n) is 5.39. The predicted octanol–water partition coefficient (Wildman–Crippen LogP) is 5.35. The van der Waals surface area contributed by atoms with Crippen molar-refractivity contribution in [1.82, 2.24) is 4.98 Å². The third-order valence-corrected chi connectivity index (χ3v) is 5.73. The summed E-state index contributed by atoms with van der Waals surface area (Å²) in [4.78, 5) is 29.0. The summed E-state index contributed by atoms with van der Waals surface area (Å²) in [5.41, 5.74) is 4.55. The van der Waals surface area contributed by atoms with Gasteiger partial charge in [-0.1, -0.05) is 60.1 Å². The highest BCUT2D eigenvalue weighted by Crippen LogP contribution is 2.38. The average Bonchev–Trinajstić information content (AvgIpc) is 3.08. The number of nitrogens with one attached hydrogen (secondary N) is 1. The fraction of sp³-hybridized carbons (Fsp3) is 0.250. The number of benzene rings is 2. The fourth-order valence-electron chi connectivity index (χ4n) is 4.11. The number of Topliss-reactive ketones (excluding diaryl/α,β-unsaturated/α-hetero) is 1. The molecule has 4 nitrogen and oxygen atoms in total. The molecule has 3 aromatic rings. The van der Waals surface area contributed by atoms with Gasteiger partial charge in [-0.3, -0.25) is 4.79 Å². The van der Waals surface area contributed by atoms with Crippen LogP contribution in [0.25, 0.3) is 0 Å². The van der Waals surface area contributed by atoms with E-state index in [9.17, 15) is 9.59 Å². The molecule has 1 N–H and O–H groups in total. The number of H-pyrrole nitrogens is 1. The van der Waals surface area contributed by atoms with Crippen molar-refractivity contribution in [2.45, 2.75) is 32.1 Å². The van der Waals surface area contributed by atoms with Gasteiger partial charge >= 0.3 is 5.97 Å². The maximum absolute atomic E-state index is 13.2. The monoisotopic (exact) mass is 407 g/mol. The summed E-state index contributed by atoms with van der Waals surface area (Å²) in [5, 5.41) is 0.662. The van der Waals surface area contributed by atoms with Gasteiger partial charge in [0.1, 0.15) is 5.69 Å². The number of carbonyl (C=O) groups is 2. The summed E-state index contributed by atoms with van der Waals surface area (Å²) in [6.45, 7) is 2.06. The number of fused-ring (bicyclic) bond motifs is 1. The largest absolute Gasteiger partial charge is 0.461 e. The van der Waals surface area contributed by atoms with Gasteiger partial charge in [-0.15, -0.1) is 0 Å². The highest BCUT2D eigenvalue weighted by molar-refractivity contribution is 6.31. The lowest BCUT2D eigenvalue weighted by atomic mass is 9.80. The van der Waals surface area contributed by atoms with Crippen LogP contribution in [0.3, 0.4) is 0 Å². The summed E-state index contributed by atoms with van der Waals surface area (Å²) >= 11 is 6.37. The van der Waals surface area contributed by atoms with Crippen LogP contribution in [0, 0.1) is 0 Å². The van der Waals surface area contributed by atoms with Gasteiger partial charge in [0.05, 0.1) is 6.61 Å². The Morgan fingerprint density at radius 1 is 1.10 bits per heavy atom. The van der Waals surface area contributed by atoms with Gasteiger partial charge in [0.15, 0.2) is 5.78 Å². The summed E-state index contributed by atoms with van der Waals surface area (Å²) < 4.78 is 5.25. The molecule has 0 amide bonds. The van der Waals surface area contributed by atoms with Crippen LogP contribution >= 0.6 is 11.6 Å². The number of hydrogen-bond donors (Lipinski definition) is 1. The van der Waals surface area contributed by atoms with Gasteiger partial charge in [-0.05, 0) is 42.0 Å². The van der Waals surface area contributed by atoms with E-state index in [0.29, 0.717) is 35.5 Å². The molecule has 0 spiro atoms. The van der Waals surface area contributed by atoms with Crippen LogP contribution in [0.1, 0.15) is 62.5 Å². The molecule has 1 atom stereocenters. The van der Waals surface area contributed by atoms with Crippen molar-refractivity contribution < 1.29 is 14.3 Å². The van der Waals surface area contributed by atoms with Gasteiger partial charge in [0.2, 0.25) is 0 Å². The van der Waals surface area contributed by atoms with E-state index >= 15 is 0 Å². The summed E-state index contributed by atoms with van der Waals surface area (Å²) in [6, 6.07) is 17.5. The van der Waals surface area contributed by atoms with E-state index in [1.165, 1.54) is 0 Å². The molecule has 1 heterocycles. The van der Waals surface area contributed by atoms with Gasteiger partial charge in [-0.25, -0.2) is 4.79 Å². The van der Waals surface area contributed by atoms with Crippen molar-refractivity contribution in [3.05, 3.63) is 93.3 Å². The standard InChI is InChI=1S/C24H22ClNO3/c1-2-29-24(28)23-18(12-15-8-4-3-5-9-15)22-20(26-23)13-16(14-21(22)27)17-10-6-7-11-19(17)25/h3-11,16,26H,2,12-14H2,1H3/t16-/m0/s1. The lowest BCUT2D eigenvalue weighted by Gasteiger charge is -2.23. The van der Waals surface area contributed by atoms with Gasteiger partial charge in [0.25, 0.3) is 0 Å². The molecule has 0 saturated heterocycles. The number of halogens is 1. The highest BCUT2D eigenvalue weighted by Gasteiger charge is 2.34. The molecule has 0 saturated carbocycles. The minimum absolute atomic E-state index is 0.0121. The van der Waals surface area contributed by atoms with Crippen molar-refractivity contribution >= 4 is 23.4 Å². The zero-order chi connectivity index (χ0) is 20.4. The first kappa shape index (κ1) is 19.5. The zero-order valence-electron chi connectivity index (χ0n) is 16.2. The lowest BCUT2D eigenvalue weighted by molar-refractivity contribution is 0.0519. The van der Waals surface area contributed by atoms with E-state index in [1.807, 2.05) is 54.6 Å². The molecule has 2 aromatic carbocycles. The second kappa shape index (κ2) is 8.26. The van der Waals surface area contributed by atoms with Crippen molar-refractivity contribution in [3.8, 4) is 0 Å². The highest BCUT2D eigenvalue weighted by atomic mass is 35.5. The minimum Gasteiger partial charge on any atom is -0.461 e. The van der Waals surface area contributed by atoms with E-state index < -0.39 is 5.97 Å². The van der Waals surface area contributed by atoms with Gasteiger partial charge in [0, 0.05) is 29.1 Å². The summed E-state index contributed by atoms with van der Waals surface area (Å²) in [5.74, 6) is -0.397. The van der Waals surface area contributed by atoms with Crippen molar-refractivity contribution in [2.24, 2.45) is 0 Å². The maximum Gasteiger partial charge on any atom is 0.355 e. The number of esters is 1. The zero-order valence-corrected chi connectivity index (χ0v) is 17.0. The van der Waals surface area contributed by atoms with E-state index in [2.05, 4.69) is 4.98 Å². The quantitative estimate of drug-likeness (QED) is 0.580. The Morgan fingerprint density at radius 2 is 1.83 bits per heavy atom. The molecule has 29 heavy (non-hydrogen) atoms. The topological polar surface area (TPSA) is 59.2 Å². The minimum atomic E-state index is -0.421. The smallest absolute Gasteiger partial charge is 0.355 e. The van der Waals surface area contributed by atoms with Gasteiger partial charge < -0.3 is 9.72 Å². The van der Waals surface area contributed by atoms with E-state index in [4.69, 9.17) is 16.3 Å². The molecule has 1 aliphatic rings. The van der Waals surface area contributed by atoms with E-state index in [1.54, 1.807) is 6.92 Å². The Labute approximate surface area is 174 Å². The van der Waals surface area contributed by atoms with E-state index in [0.717, 1.165) is 22.4 Å². The lowest BCUT2D eigenvalue weighted by Crippen LogP contribution is -2.19. The Morgan fingerprint density at radius 3 is 2.55 bits per heavy atom. The van der Waals surface area contributed by atoms with Crippen LogP contribution in [0.4, 0.5) is 0 Å². The Kier molecular flexibility index (Phi) is 5.54. The number of hydrogen-bond acceptors (Lipinski definition) is 3. The van der Waals surface area contributed by atoms with Gasteiger partial charge in [-0.2, -0.15) is 0 Å². The van der Waals surface area contributed by atoms with Crippen LogP contribution in [0.2, 0.25) is 5.02 Å². The van der Waals surface area contributed by atoms with E-state index in [-0.39, 0.29) is 18.3 Å². The molecule has 1 aliphatic carbocycles. The molecule has 0 radical (unpaired) electrons. The fourth-order valence-corrected chi connectivity index (χ4v) is 4.40. The molecule has 0 unspecified atom stereocenters. The van der Waals surface area contributed by atoms with Crippen LogP contribution in [0.5, 0.6) is 0 Å². The summed E-state index contributed by atoms with van der Waals surface area (Å²) in [7, 11) is 0. The number of ketones is 1. The molecule has 0 bridgehead atoms. The number of aromatic amines is 1. The molecular weight excluding hydrogens is 386 g/mol. The van der Waals surface area contributed by atoms with Crippen LogP contribution in [-0.4, -0.2) is 23.3 Å². The molecule has 4 rings (SSSR count). The second-order valence-electron chi connectivity index (χ2n) is 7.26.